The van der Waals surface area contributed by atoms with E-state index in [1.165, 1.54) is 13.8 Å². The van der Waals surface area contributed by atoms with E-state index in [-0.39, 0.29) is 31.0 Å². The molecule has 0 rings (SSSR count). The summed E-state index contributed by atoms with van der Waals surface area (Å²) < 4.78 is 9.94. The first-order valence-corrected chi connectivity index (χ1v) is 6.19. The summed E-state index contributed by atoms with van der Waals surface area (Å²) in [6, 6.07) is 0. The van der Waals surface area contributed by atoms with Gasteiger partial charge in [0.1, 0.15) is 37.1 Å². The number of ketones is 2. The first kappa shape index (κ1) is 18.2. The zero-order chi connectivity index (χ0) is 15.7. The Hall–Kier alpha value is -1.76. The van der Waals surface area contributed by atoms with Crippen LogP contribution in [0.15, 0.2) is 0 Å². The predicted molar refractivity (Wildman–Crippen MR) is 70.0 cm³/mol. The number of hydrogen-bond donors (Lipinski definition) is 0. The molecule has 114 valence electrons. The summed E-state index contributed by atoms with van der Waals surface area (Å²) in [5.41, 5.74) is 0. The Morgan fingerprint density at radius 1 is 0.950 bits per heavy atom. The molecule has 0 aliphatic heterocycles. The van der Waals surface area contributed by atoms with Gasteiger partial charge >= 0.3 is 11.9 Å². The summed E-state index contributed by atoms with van der Waals surface area (Å²) in [6.45, 7) is 2.77. The summed E-state index contributed by atoms with van der Waals surface area (Å²) >= 11 is 0. The third-order valence-corrected chi connectivity index (χ3v) is 2.08. The minimum Gasteiger partial charge on any atom is -0.461 e. The number of carbonyl (C=O) groups excluding carboxylic acids is 4. The van der Waals surface area contributed by atoms with E-state index in [9.17, 15) is 19.2 Å². The molecule has 0 aliphatic carbocycles. The van der Waals surface area contributed by atoms with E-state index in [4.69, 9.17) is 9.47 Å². The van der Waals surface area contributed by atoms with Crippen LogP contribution in [0.4, 0.5) is 0 Å². The molecule has 0 bridgehead atoms. The van der Waals surface area contributed by atoms with Crippen molar-refractivity contribution in [1.29, 1.82) is 0 Å². The van der Waals surface area contributed by atoms with Crippen LogP contribution in [-0.2, 0) is 28.7 Å². The molecule has 0 saturated carbocycles. The van der Waals surface area contributed by atoms with Crippen molar-refractivity contribution in [1.82, 2.24) is 4.90 Å². The monoisotopic (exact) mass is 287 g/mol. The summed E-state index contributed by atoms with van der Waals surface area (Å²) in [5.74, 6) is -1.92. The van der Waals surface area contributed by atoms with Gasteiger partial charge in [0, 0.05) is 6.54 Å². The fourth-order valence-electron chi connectivity index (χ4n) is 1.40. The van der Waals surface area contributed by atoms with Gasteiger partial charge in [-0.2, -0.15) is 0 Å². The maximum Gasteiger partial charge on any atom is 0.313 e. The van der Waals surface area contributed by atoms with E-state index >= 15 is 0 Å². The van der Waals surface area contributed by atoms with Gasteiger partial charge in [-0.05, 0) is 27.9 Å². The fourth-order valence-corrected chi connectivity index (χ4v) is 1.40. The van der Waals surface area contributed by atoms with Gasteiger partial charge in [-0.1, -0.05) is 0 Å². The zero-order valence-electron chi connectivity index (χ0n) is 12.3. The van der Waals surface area contributed by atoms with E-state index in [0.29, 0.717) is 6.54 Å². The molecule has 0 aromatic heterocycles. The van der Waals surface area contributed by atoms with Crippen LogP contribution >= 0.6 is 0 Å². The van der Waals surface area contributed by atoms with Gasteiger partial charge in [0.15, 0.2) is 0 Å². The molecule has 0 fully saturated rings. The van der Waals surface area contributed by atoms with Crippen molar-refractivity contribution in [3.63, 3.8) is 0 Å². The lowest BCUT2D eigenvalue weighted by atomic mass is 10.3. The molecule has 0 aliphatic rings. The minimum absolute atomic E-state index is 0.145. The van der Waals surface area contributed by atoms with Crippen LogP contribution in [0.25, 0.3) is 0 Å². The lowest BCUT2D eigenvalue weighted by Gasteiger charge is -2.21. The van der Waals surface area contributed by atoms with Gasteiger partial charge in [-0.25, -0.2) is 0 Å². The van der Waals surface area contributed by atoms with Crippen molar-refractivity contribution in [3.05, 3.63) is 0 Å². The number of nitrogens with zero attached hydrogens (tertiary/aromatic N) is 1. The smallest absolute Gasteiger partial charge is 0.313 e. The number of rotatable bonds is 9. The Morgan fingerprint density at radius 2 is 1.45 bits per heavy atom. The Kier molecular flexibility index (Phi) is 8.38. The largest absolute Gasteiger partial charge is 0.461 e. The lowest BCUT2D eigenvalue weighted by Crippen LogP contribution is -2.35. The predicted octanol–water partition coefficient (Wildman–Crippen LogP) is -0.0388. The third kappa shape index (κ3) is 10.2. The minimum atomic E-state index is -0.673. The highest BCUT2D eigenvalue weighted by molar-refractivity contribution is 5.94. The molecule has 20 heavy (non-hydrogen) atoms. The van der Waals surface area contributed by atoms with Crippen LogP contribution in [0.1, 0.15) is 26.7 Å². The summed E-state index contributed by atoms with van der Waals surface area (Å²) in [4.78, 5) is 46.0. The highest BCUT2D eigenvalue weighted by Gasteiger charge is 2.19. The van der Waals surface area contributed by atoms with Gasteiger partial charge in [-0.3, -0.25) is 19.2 Å². The van der Waals surface area contributed by atoms with Gasteiger partial charge in [0.2, 0.25) is 0 Å². The molecule has 0 N–H and O–H groups in total. The summed E-state index contributed by atoms with van der Waals surface area (Å²) in [6.07, 6.45) is -1.30. The maximum absolute atomic E-state index is 11.4. The number of carbonyl (C=O) groups is 4. The van der Waals surface area contributed by atoms with Crippen LogP contribution in [0.2, 0.25) is 0 Å². The van der Waals surface area contributed by atoms with Gasteiger partial charge in [0.05, 0.1) is 0 Å². The second-order valence-corrected chi connectivity index (χ2v) is 4.81. The lowest BCUT2D eigenvalue weighted by molar-refractivity contribution is -0.161. The van der Waals surface area contributed by atoms with Crippen molar-refractivity contribution in [2.45, 2.75) is 32.8 Å². The van der Waals surface area contributed by atoms with Crippen molar-refractivity contribution in [2.24, 2.45) is 0 Å². The summed E-state index contributed by atoms with van der Waals surface area (Å²) in [7, 11) is 3.53. The second-order valence-electron chi connectivity index (χ2n) is 4.81. The molecule has 0 radical (unpaired) electrons. The molecule has 0 spiro atoms. The number of hydrogen-bond acceptors (Lipinski definition) is 7. The molecule has 1 atom stereocenters. The standard InChI is InChI=1S/C13H21NO6/c1-9(15)5-12(17)19-8-11(7-14(3)4)20-13(18)6-10(2)16/h11H,5-8H2,1-4H3. The molecule has 7 nitrogen and oxygen atoms in total. The fraction of sp³-hybridized carbons (Fsp3) is 0.692. The van der Waals surface area contributed by atoms with E-state index < -0.39 is 18.0 Å². The van der Waals surface area contributed by atoms with Gasteiger partial charge in [-0.15, -0.1) is 0 Å². The van der Waals surface area contributed by atoms with Crippen LogP contribution < -0.4 is 0 Å². The number of ether oxygens (including phenoxy) is 2. The summed E-state index contributed by atoms with van der Waals surface area (Å²) in [5, 5.41) is 0. The van der Waals surface area contributed by atoms with Gasteiger partial charge < -0.3 is 14.4 Å². The van der Waals surface area contributed by atoms with Crippen LogP contribution in [0.3, 0.4) is 0 Å². The van der Waals surface area contributed by atoms with E-state index in [0.717, 1.165) is 0 Å². The molecule has 1 unspecified atom stereocenters. The average molecular weight is 287 g/mol. The number of Topliss-reactive ketones (excluding diaryl/α,β-unsaturated/α-hetero) is 2. The second kappa shape index (κ2) is 9.19. The molecular weight excluding hydrogens is 266 g/mol. The van der Waals surface area contributed by atoms with Crippen molar-refractivity contribution >= 4 is 23.5 Å². The van der Waals surface area contributed by atoms with E-state index in [1.807, 2.05) is 0 Å². The average Bonchev–Trinajstić information content (AvgIpc) is 2.22. The first-order valence-electron chi connectivity index (χ1n) is 6.19. The van der Waals surface area contributed by atoms with Crippen molar-refractivity contribution < 1.29 is 28.7 Å². The Labute approximate surface area is 118 Å². The van der Waals surface area contributed by atoms with Crippen LogP contribution in [0, 0.1) is 0 Å². The molecule has 0 aromatic carbocycles. The molecule has 7 heteroatoms. The normalized spacial score (nSPS) is 11.8. The first-order chi connectivity index (χ1) is 9.20. The van der Waals surface area contributed by atoms with E-state index in [2.05, 4.69) is 0 Å². The number of esters is 2. The highest BCUT2D eigenvalue weighted by Crippen LogP contribution is 2.01. The molecule has 0 amide bonds. The third-order valence-electron chi connectivity index (χ3n) is 2.08. The van der Waals surface area contributed by atoms with E-state index in [1.54, 1.807) is 19.0 Å². The van der Waals surface area contributed by atoms with Crippen molar-refractivity contribution in [3.8, 4) is 0 Å². The maximum atomic E-state index is 11.4. The zero-order valence-corrected chi connectivity index (χ0v) is 12.3. The molecule has 0 saturated heterocycles. The Balaban J connectivity index is 4.34. The topological polar surface area (TPSA) is 90.0 Å². The highest BCUT2D eigenvalue weighted by atomic mass is 16.6. The van der Waals surface area contributed by atoms with Crippen LogP contribution in [-0.4, -0.2) is 61.8 Å². The van der Waals surface area contributed by atoms with Gasteiger partial charge in [0.25, 0.3) is 0 Å². The number of likely N-dealkylation sites (N-methyl/N-ethyl adjacent to an activating group) is 1. The SMILES string of the molecule is CC(=O)CC(=O)OCC(CN(C)C)OC(=O)CC(C)=O. The Bertz CT molecular complexity index is 377. The van der Waals surface area contributed by atoms with Crippen molar-refractivity contribution in [2.75, 3.05) is 27.2 Å². The quantitative estimate of drug-likeness (QED) is 0.434. The molecular formula is C13H21NO6. The van der Waals surface area contributed by atoms with Crippen LogP contribution in [0.5, 0.6) is 0 Å². The molecule has 0 aromatic rings. The Morgan fingerprint density at radius 3 is 1.90 bits per heavy atom. The molecule has 0 heterocycles.